The first-order valence-corrected chi connectivity index (χ1v) is 8.85. The average molecular weight is 484 g/mol. The largest absolute Gasteiger partial charge is 0.271 e. The van der Waals surface area contributed by atoms with Crippen LogP contribution in [0.3, 0.4) is 0 Å². The molecule has 1 atom stereocenters. The number of aromatic nitrogens is 2. The number of aryl methyl sites for hydroxylation is 2. The Labute approximate surface area is 151 Å². The highest BCUT2D eigenvalue weighted by Gasteiger charge is 2.20. The van der Waals surface area contributed by atoms with E-state index in [0.717, 1.165) is 36.6 Å². The number of hydrogen-bond donors (Lipinski definition) is 2. The molecule has 21 heavy (non-hydrogen) atoms. The molecule has 1 aromatic carbocycles. The summed E-state index contributed by atoms with van der Waals surface area (Å²) in [4.78, 5) is 0. The standard InChI is InChI=1S/C14H17BrClIN4/c1-3-21-13(14(16)8(2)20-21)7-12(19-18)10-6-9(15)4-5-11(10)17/h4-6,12,19H,3,7,18H2,1-2H3. The van der Waals surface area contributed by atoms with E-state index in [2.05, 4.69) is 68.1 Å². The lowest BCUT2D eigenvalue weighted by atomic mass is 10.0. The number of benzene rings is 1. The monoisotopic (exact) mass is 482 g/mol. The Morgan fingerprint density at radius 3 is 2.86 bits per heavy atom. The molecule has 0 saturated carbocycles. The van der Waals surface area contributed by atoms with Crippen LogP contribution >= 0.6 is 50.1 Å². The lowest BCUT2D eigenvalue weighted by Gasteiger charge is -2.19. The highest BCUT2D eigenvalue weighted by Crippen LogP contribution is 2.29. The summed E-state index contributed by atoms with van der Waals surface area (Å²) in [6.45, 7) is 4.77. The van der Waals surface area contributed by atoms with Gasteiger partial charge >= 0.3 is 0 Å². The molecule has 0 fully saturated rings. The molecule has 0 aliphatic rings. The molecule has 0 aliphatic heterocycles. The fraction of sp³-hybridized carbons (Fsp3) is 0.357. The SMILES string of the molecule is CCn1nc(C)c(Cl)c1CC(NN)c1cc(Br)ccc1I. The quantitative estimate of drug-likeness (QED) is 0.384. The third kappa shape index (κ3) is 3.79. The van der Waals surface area contributed by atoms with Gasteiger partial charge in [-0.1, -0.05) is 27.5 Å². The highest BCUT2D eigenvalue weighted by molar-refractivity contribution is 14.1. The van der Waals surface area contributed by atoms with Crippen molar-refractivity contribution in [3.8, 4) is 0 Å². The Kier molecular flexibility index (Phi) is 6.07. The molecule has 2 aromatic rings. The van der Waals surface area contributed by atoms with Gasteiger partial charge in [0.25, 0.3) is 0 Å². The maximum Gasteiger partial charge on any atom is 0.0847 e. The van der Waals surface area contributed by atoms with Crippen LogP contribution in [0.4, 0.5) is 0 Å². The number of hydrogen-bond acceptors (Lipinski definition) is 3. The van der Waals surface area contributed by atoms with E-state index < -0.39 is 0 Å². The van der Waals surface area contributed by atoms with E-state index >= 15 is 0 Å². The van der Waals surface area contributed by atoms with Crippen molar-refractivity contribution in [2.24, 2.45) is 5.84 Å². The Morgan fingerprint density at radius 1 is 1.52 bits per heavy atom. The second-order valence-corrected chi connectivity index (χ2v) is 7.21. The fourth-order valence-electron chi connectivity index (χ4n) is 2.30. The van der Waals surface area contributed by atoms with Crippen molar-refractivity contribution in [1.82, 2.24) is 15.2 Å². The summed E-state index contributed by atoms with van der Waals surface area (Å²) in [5.41, 5.74) is 5.91. The van der Waals surface area contributed by atoms with E-state index in [4.69, 9.17) is 17.4 Å². The van der Waals surface area contributed by atoms with Crippen LogP contribution in [0.1, 0.15) is 29.9 Å². The van der Waals surface area contributed by atoms with Gasteiger partial charge in [-0.15, -0.1) is 0 Å². The zero-order valence-corrected chi connectivity index (χ0v) is 16.3. The maximum absolute atomic E-state index is 6.39. The van der Waals surface area contributed by atoms with Gasteiger partial charge in [0.1, 0.15) is 0 Å². The molecule has 0 bridgehead atoms. The topological polar surface area (TPSA) is 55.9 Å². The first-order valence-electron chi connectivity index (χ1n) is 6.60. The minimum atomic E-state index is -0.0201. The predicted molar refractivity (Wildman–Crippen MR) is 98.3 cm³/mol. The second kappa shape index (κ2) is 7.41. The van der Waals surface area contributed by atoms with Gasteiger partial charge in [-0.2, -0.15) is 5.10 Å². The molecule has 0 radical (unpaired) electrons. The Hall–Kier alpha value is -0.150. The minimum Gasteiger partial charge on any atom is -0.271 e. The zero-order chi connectivity index (χ0) is 15.6. The normalized spacial score (nSPS) is 12.7. The van der Waals surface area contributed by atoms with E-state index in [1.165, 1.54) is 0 Å². The molecule has 1 aromatic heterocycles. The van der Waals surface area contributed by atoms with Crippen LogP contribution in [0.5, 0.6) is 0 Å². The summed E-state index contributed by atoms with van der Waals surface area (Å²) in [5.74, 6) is 5.78. The van der Waals surface area contributed by atoms with Gasteiger partial charge in [-0.25, -0.2) is 0 Å². The van der Waals surface area contributed by atoms with Crippen molar-refractivity contribution in [3.05, 3.63) is 48.2 Å². The summed E-state index contributed by atoms with van der Waals surface area (Å²) < 4.78 is 4.13. The van der Waals surface area contributed by atoms with E-state index in [1.54, 1.807) is 0 Å². The highest BCUT2D eigenvalue weighted by atomic mass is 127. The van der Waals surface area contributed by atoms with Gasteiger partial charge < -0.3 is 0 Å². The molecule has 1 heterocycles. The molecule has 7 heteroatoms. The van der Waals surface area contributed by atoms with Crippen LogP contribution in [-0.4, -0.2) is 9.78 Å². The summed E-state index contributed by atoms with van der Waals surface area (Å²) in [6.07, 6.45) is 0.691. The van der Waals surface area contributed by atoms with Gasteiger partial charge in [0, 0.05) is 21.0 Å². The molecule has 114 valence electrons. The summed E-state index contributed by atoms with van der Waals surface area (Å²) in [5, 5.41) is 5.18. The lowest BCUT2D eigenvalue weighted by molar-refractivity contribution is 0.515. The first-order chi connectivity index (χ1) is 9.97. The summed E-state index contributed by atoms with van der Waals surface area (Å²) in [7, 11) is 0. The number of hydrazine groups is 1. The number of nitrogens with one attached hydrogen (secondary N) is 1. The van der Waals surface area contributed by atoms with Crippen molar-refractivity contribution in [3.63, 3.8) is 0 Å². The minimum absolute atomic E-state index is 0.0201. The third-order valence-corrected chi connectivity index (χ3v) is 5.35. The Morgan fingerprint density at radius 2 is 2.24 bits per heavy atom. The molecule has 0 aliphatic carbocycles. The van der Waals surface area contributed by atoms with E-state index in [9.17, 15) is 0 Å². The Balaban J connectivity index is 2.38. The van der Waals surface area contributed by atoms with Gasteiger partial charge in [-0.3, -0.25) is 16.0 Å². The Bertz CT molecular complexity index is 644. The van der Waals surface area contributed by atoms with Crippen LogP contribution in [-0.2, 0) is 13.0 Å². The van der Waals surface area contributed by atoms with Crippen molar-refractivity contribution in [2.45, 2.75) is 32.9 Å². The second-order valence-electron chi connectivity index (χ2n) is 4.75. The average Bonchev–Trinajstić information content (AvgIpc) is 2.74. The molecule has 2 rings (SSSR count). The van der Waals surface area contributed by atoms with Crippen LogP contribution in [0.15, 0.2) is 22.7 Å². The van der Waals surface area contributed by atoms with Gasteiger partial charge in [0.05, 0.1) is 22.5 Å². The molecule has 0 spiro atoms. The van der Waals surface area contributed by atoms with Gasteiger partial charge in [-0.05, 0) is 60.2 Å². The third-order valence-electron chi connectivity index (χ3n) is 3.38. The summed E-state index contributed by atoms with van der Waals surface area (Å²) in [6, 6.07) is 6.15. The van der Waals surface area contributed by atoms with Crippen molar-refractivity contribution in [2.75, 3.05) is 0 Å². The molecule has 0 amide bonds. The summed E-state index contributed by atoms with van der Waals surface area (Å²) >= 11 is 12.2. The van der Waals surface area contributed by atoms with E-state index in [0.29, 0.717) is 6.42 Å². The fourth-order valence-corrected chi connectivity index (χ4v) is 3.60. The van der Waals surface area contributed by atoms with Crippen LogP contribution in [0.2, 0.25) is 5.02 Å². The number of nitrogens with two attached hydrogens (primary N) is 1. The van der Waals surface area contributed by atoms with Crippen LogP contribution in [0.25, 0.3) is 0 Å². The predicted octanol–water partition coefficient (Wildman–Crippen LogP) is 3.98. The lowest BCUT2D eigenvalue weighted by Crippen LogP contribution is -2.31. The van der Waals surface area contributed by atoms with Gasteiger partial charge in [0.15, 0.2) is 0 Å². The van der Waals surface area contributed by atoms with Crippen molar-refractivity contribution in [1.29, 1.82) is 0 Å². The zero-order valence-electron chi connectivity index (χ0n) is 11.8. The van der Waals surface area contributed by atoms with Crippen molar-refractivity contribution < 1.29 is 0 Å². The van der Waals surface area contributed by atoms with E-state index in [1.807, 2.05) is 17.7 Å². The molecule has 4 nitrogen and oxygen atoms in total. The molecule has 0 saturated heterocycles. The number of nitrogens with zero attached hydrogens (tertiary/aromatic N) is 2. The van der Waals surface area contributed by atoms with E-state index in [-0.39, 0.29) is 6.04 Å². The molecule has 1 unspecified atom stereocenters. The van der Waals surface area contributed by atoms with Crippen LogP contribution < -0.4 is 11.3 Å². The molecular formula is C14H17BrClIN4. The maximum atomic E-state index is 6.39. The van der Waals surface area contributed by atoms with Crippen LogP contribution in [0, 0.1) is 10.5 Å². The molecular weight excluding hydrogens is 466 g/mol. The number of halogens is 3. The molecule has 3 N–H and O–H groups in total. The van der Waals surface area contributed by atoms with Crippen molar-refractivity contribution >= 4 is 50.1 Å². The number of rotatable bonds is 5. The van der Waals surface area contributed by atoms with Gasteiger partial charge in [0.2, 0.25) is 0 Å². The first kappa shape index (κ1) is 17.2. The smallest absolute Gasteiger partial charge is 0.0847 e.